The first-order valence-corrected chi connectivity index (χ1v) is 14.6. The lowest BCUT2D eigenvalue weighted by Gasteiger charge is -2.60. The van der Waals surface area contributed by atoms with Gasteiger partial charge in [-0.25, -0.2) is 0 Å². The second-order valence-electron chi connectivity index (χ2n) is 13.3. The number of carbonyl (C=O) groups is 2. The number of ketones is 1. The van der Waals surface area contributed by atoms with Crippen LogP contribution in [-0.2, 0) is 14.3 Å². The zero-order chi connectivity index (χ0) is 23.2. The summed E-state index contributed by atoms with van der Waals surface area (Å²) in [5, 5.41) is 0. The Bertz CT molecular complexity index is 745. The minimum Gasteiger partial charge on any atom is -0.462 e. The molecular weight excluding hydrogens is 408 g/mol. The second kappa shape index (κ2) is 9.30. The van der Waals surface area contributed by atoms with E-state index in [9.17, 15) is 9.59 Å². The molecule has 5 fully saturated rings. The minimum atomic E-state index is 0.0749. The first kappa shape index (κ1) is 23.9. The summed E-state index contributed by atoms with van der Waals surface area (Å²) < 4.78 is 6.29. The quantitative estimate of drug-likeness (QED) is 0.402. The first-order chi connectivity index (χ1) is 15.8. The maximum atomic E-state index is 13.0. The molecule has 0 radical (unpaired) electrons. The fraction of sp³-hybridized carbons (Fsp3) is 0.933. The van der Waals surface area contributed by atoms with Gasteiger partial charge >= 0.3 is 5.97 Å². The lowest BCUT2D eigenvalue weighted by molar-refractivity contribution is -0.164. The van der Waals surface area contributed by atoms with Crippen molar-refractivity contribution in [3.63, 3.8) is 0 Å². The zero-order valence-corrected chi connectivity index (χ0v) is 21.6. The van der Waals surface area contributed by atoms with E-state index >= 15 is 0 Å². The van der Waals surface area contributed by atoms with Crippen LogP contribution in [0.5, 0.6) is 0 Å². The Balaban J connectivity index is 1.20. The molecule has 0 saturated heterocycles. The zero-order valence-electron chi connectivity index (χ0n) is 21.6. The van der Waals surface area contributed by atoms with Crippen molar-refractivity contribution in [3.05, 3.63) is 0 Å². The molecule has 5 saturated carbocycles. The Morgan fingerprint density at radius 1 is 0.909 bits per heavy atom. The maximum Gasteiger partial charge on any atom is 0.306 e. The SMILES string of the molecule is CCC1CCCCC1CCC(=O)O[C@H]1CC[C@H]2[C@@H]3CCC4CC(=O)CC[C@]4(C)[C@H]3CC[C@]12C. The van der Waals surface area contributed by atoms with Crippen LogP contribution in [0.4, 0.5) is 0 Å². The fourth-order valence-corrected chi connectivity index (χ4v) is 9.91. The third kappa shape index (κ3) is 4.22. The van der Waals surface area contributed by atoms with Crippen molar-refractivity contribution in [2.24, 2.45) is 46.3 Å². The van der Waals surface area contributed by atoms with Gasteiger partial charge in [-0.05, 0) is 92.3 Å². The summed E-state index contributed by atoms with van der Waals surface area (Å²) in [5.74, 6) is 4.99. The van der Waals surface area contributed by atoms with Gasteiger partial charge in [-0.3, -0.25) is 9.59 Å². The highest BCUT2D eigenvalue weighted by molar-refractivity contribution is 5.79. The molecule has 5 aliphatic rings. The van der Waals surface area contributed by atoms with Crippen LogP contribution < -0.4 is 0 Å². The van der Waals surface area contributed by atoms with E-state index in [2.05, 4.69) is 20.8 Å². The van der Waals surface area contributed by atoms with Crippen LogP contribution in [0.15, 0.2) is 0 Å². The largest absolute Gasteiger partial charge is 0.462 e. The minimum absolute atomic E-state index is 0.0749. The Hall–Kier alpha value is -0.860. The molecule has 0 aromatic carbocycles. The smallest absolute Gasteiger partial charge is 0.306 e. The molecule has 3 heteroatoms. The lowest BCUT2D eigenvalue weighted by Crippen LogP contribution is -2.54. The molecular formula is C30H48O3. The van der Waals surface area contributed by atoms with Crippen molar-refractivity contribution >= 4 is 11.8 Å². The average Bonchev–Trinajstić information content (AvgIpc) is 3.14. The van der Waals surface area contributed by atoms with Crippen LogP contribution >= 0.6 is 0 Å². The molecule has 0 aliphatic heterocycles. The Kier molecular flexibility index (Phi) is 6.73. The van der Waals surface area contributed by atoms with Crippen LogP contribution in [-0.4, -0.2) is 17.9 Å². The van der Waals surface area contributed by atoms with Gasteiger partial charge in [0, 0.05) is 24.7 Å². The molecule has 0 heterocycles. The van der Waals surface area contributed by atoms with Gasteiger partial charge in [0.25, 0.3) is 0 Å². The standard InChI is InChI=1S/C30H48O3/c1-4-20-7-5-6-8-21(20)9-14-28(32)33-27-13-12-25-24-11-10-22-19-23(31)15-17-29(22,2)26(24)16-18-30(25,27)3/h20-22,24-27H,4-19H2,1-3H3/t20?,21?,22?,24-,25-,26-,27-,29-,30-/m0/s1. The van der Waals surface area contributed by atoms with E-state index in [1.165, 1.54) is 64.2 Å². The van der Waals surface area contributed by atoms with E-state index in [1.54, 1.807) is 0 Å². The van der Waals surface area contributed by atoms with E-state index < -0.39 is 0 Å². The van der Waals surface area contributed by atoms with Crippen LogP contribution in [0.25, 0.3) is 0 Å². The molecule has 0 N–H and O–H groups in total. The van der Waals surface area contributed by atoms with E-state index in [1.807, 2.05) is 0 Å². The topological polar surface area (TPSA) is 43.4 Å². The van der Waals surface area contributed by atoms with Crippen LogP contribution in [0.3, 0.4) is 0 Å². The lowest BCUT2D eigenvalue weighted by atomic mass is 9.45. The van der Waals surface area contributed by atoms with Crippen molar-refractivity contribution < 1.29 is 14.3 Å². The van der Waals surface area contributed by atoms with Crippen LogP contribution in [0, 0.1) is 46.3 Å². The third-order valence-corrected chi connectivity index (χ3v) is 12.0. The van der Waals surface area contributed by atoms with Gasteiger partial charge in [-0.15, -0.1) is 0 Å². The molecule has 5 rings (SSSR count). The van der Waals surface area contributed by atoms with E-state index in [4.69, 9.17) is 4.74 Å². The predicted octanol–water partition coefficient (Wildman–Crippen LogP) is 7.51. The fourth-order valence-electron chi connectivity index (χ4n) is 9.91. The van der Waals surface area contributed by atoms with Crippen LogP contribution in [0.2, 0.25) is 0 Å². The van der Waals surface area contributed by atoms with Crippen molar-refractivity contribution in [3.8, 4) is 0 Å². The normalized spacial score (nSPS) is 47.4. The summed E-state index contributed by atoms with van der Waals surface area (Å²) >= 11 is 0. The van der Waals surface area contributed by atoms with Gasteiger partial charge in [0.2, 0.25) is 0 Å². The molecule has 5 aliphatic carbocycles. The van der Waals surface area contributed by atoms with Gasteiger partial charge in [-0.2, -0.15) is 0 Å². The summed E-state index contributed by atoms with van der Waals surface area (Å²) in [6.07, 6.45) is 18.5. The predicted molar refractivity (Wildman–Crippen MR) is 132 cm³/mol. The summed E-state index contributed by atoms with van der Waals surface area (Å²) in [6, 6.07) is 0. The summed E-state index contributed by atoms with van der Waals surface area (Å²) in [7, 11) is 0. The number of carbonyl (C=O) groups excluding carboxylic acids is 2. The highest BCUT2D eigenvalue weighted by Gasteiger charge is 2.61. The molecule has 186 valence electrons. The van der Waals surface area contributed by atoms with E-state index in [-0.39, 0.29) is 17.5 Å². The van der Waals surface area contributed by atoms with Crippen LogP contribution in [0.1, 0.15) is 124 Å². The Labute approximate surface area is 202 Å². The monoisotopic (exact) mass is 456 g/mol. The number of hydrogen-bond donors (Lipinski definition) is 0. The number of fused-ring (bicyclic) bond motifs is 5. The summed E-state index contributed by atoms with van der Waals surface area (Å²) in [6.45, 7) is 7.28. The van der Waals surface area contributed by atoms with Gasteiger partial charge in [-0.1, -0.05) is 52.9 Å². The highest BCUT2D eigenvalue weighted by atomic mass is 16.5. The van der Waals surface area contributed by atoms with Gasteiger partial charge in [0.1, 0.15) is 11.9 Å². The van der Waals surface area contributed by atoms with Gasteiger partial charge in [0.15, 0.2) is 0 Å². The number of ether oxygens (including phenoxy) is 1. The number of Topliss-reactive ketones (excluding diaryl/α,β-unsaturated/α-hetero) is 1. The van der Waals surface area contributed by atoms with Gasteiger partial charge < -0.3 is 4.74 Å². The van der Waals surface area contributed by atoms with Gasteiger partial charge in [0.05, 0.1) is 0 Å². The number of esters is 1. The van der Waals surface area contributed by atoms with Crippen molar-refractivity contribution in [1.82, 2.24) is 0 Å². The number of hydrogen-bond acceptors (Lipinski definition) is 3. The maximum absolute atomic E-state index is 13.0. The Morgan fingerprint density at radius 2 is 1.67 bits per heavy atom. The molecule has 0 aromatic rings. The summed E-state index contributed by atoms with van der Waals surface area (Å²) in [4.78, 5) is 25.1. The molecule has 0 amide bonds. The Morgan fingerprint density at radius 3 is 2.45 bits per heavy atom. The second-order valence-corrected chi connectivity index (χ2v) is 13.3. The first-order valence-electron chi connectivity index (χ1n) is 14.6. The molecule has 0 bridgehead atoms. The van der Waals surface area contributed by atoms with Crippen molar-refractivity contribution in [2.75, 3.05) is 0 Å². The third-order valence-electron chi connectivity index (χ3n) is 12.0. The van der Waals surface area contributed by atoms with E-state index in [0.29, 0.717) is 29.5 Å². The highest BCUT2D eigenvalue weighted by Crippen LogP contribution is 2.66. The molecule has 9 atom stereocenters. The summed E-state index contributed by atoms with van der Waals surface area (Å²) in [5.41, 5.74) is 0.532. The van der Waals surface area contributed by atoms with Crippen molar-refractivity contribution in [2.45, 2.75) is 130 Å². The molecule has 0 spiro atoms. The average molecular weight is 457 g/mol. The van der Waals surface area contributed by atoms with E-state index in [0.717, 1.165) is 55.8 Å². The molecule has 3 unspecified atom stereocenters. The molecule has 0 aromatic heterocycles. The molecule has 33 heavy (non-hydrogen) atoms. The number of rotatable bonds is 5. The van der Waals surface area contributed by atoms with Crippen molar-refractivity contribution in [1.29, 1.82) is 0 Å². The molecule has 3 nitrogen and oxygen atoms in total.